The van der Waals surface area contributed by atoms with Crippen LogP contribution in [-0.4, -0.2) is 69.3 Å². The van der Waals surface area contributed by atoms with Crippen LogP contribution in [0.2, 0.25) is 0 Å². The number of halogens is 1. The molecule has 1 N–H and O–H groups in total. The Bertz CT molecular complexity index is 1200. The molecule has 0 aliphatic heterocycles. The van der Waals surface area contributed by atoms with Gasteiger partial charge in [0.15, 0.2) is 0 Å². The van der Waals surface area contributed by atoms with Crippen LogP contribution < -0.4 is 14.4 Å². The summed E-state index contributed by atoms with van der Waals surface area (Å²) >= 11 is 0. The molecule has 214 valence electrons. The van der Waals surface area contributed by atoms with Gasteiger partial charge in [0, 0.05) is 26.7 Å². The minimum atomic E-state index is -4.11. The Kier molecular flexibility index (Phi) is 10.7. The zero-order valence-corrected chi connectivity index (χ0v) is 23.9. The van der Waals surface area contributed by atoms with Crippen LogP contribution in [0.1, 0.15) is 51.0 Å². The number of anilines is 1. The number of nitrogens with one attached hydrogen (secondary N) is 1. The summed E-state index contributed by atoms with van der Waals surface area (Å²) in [6, 6.07) is 11.3. The van der Waals surface area contributed by atoms with Crippen LogP contribution in [-0.2, 0) is 26.3 Å². The van der Waals surface area contributed by atoms with E-state index in [-0.39, 0.29) is 24.2 Å². The standard InChI is InChI=1S/C28H39FN4O5S/c1-5-26(28(35)30-23-9-7-6-8-10-23)32(19-21-11-17-25(38-4)18-12-21)27(34)20-33(39(36,37)31(2)3)24-15-13-22(29)14-16-24/h11-18,23,26H,5-10,19-20H2,1-4H3,(H,30,35)/t26-/m0/s1. The zero-order chi connectivity index (χ0) is 28.6. The molecule has 0 heterocycles. The fourth-order valence-electron chi connectivity index (χ4n) is 4.72. The SMILES string of the molecule is CC[C@@H](C(=O)NC1CCCCC1)N(Cc1ccc(OC)cc1)C(=O)CN(c1ccc(F)cc1)S(=O)(=O)N(C)C. The van der Waals surface area contributed by atoms with E-state index in [0.29, 0.717) is 12.2 Å². The number of rotatable bonds is 12. The molecule has 2 aromatic rings. The second-order valence-electron chi connectivity index (χ2n) is 9.91. The first-order valence-electron chi connectivity index (χ1n) is 13.2. The number of carbonyl (C=O) groups is 2. The van der Waals surface area contributed by atoms with E-state index in [1.165, 1.54) is 31.1 Å². The summed E-state index contributed by atoms with van der Waals surface area (Å²) in [5, 5.41) is 3.11. The fraction of sp³-hybridized carbons (Fsp3) is 0.500. The smallest absolute Gasteiger partial charge is 0.304 e. The van der Waals surface area contributed by atoms with Crippen molar-refractivity contribution in [2.24, 2.45) is 0 Å². The minimum Gasteiger partial charge on any atom is -0.497 e. The maximum atomic E-state index is 13.9. The molecule has 3 rings (SSSR count). The first-order valence-corrected chi connectivity index (χ1v) is 14.6. The largest absolute Gasteiger partial charge is 0.497 e. The zero-order valence-electron chi connectivity index (χ0n) is 23.1. The lowest BCUT2D eigenvalue weighted by atomic mass is 9.95. The van der Waals surface area contributed by atoms with Gasteiger partial charge in [0.25, 0.3) is 0 Å². The molecule has 9 nitrogen and oxygen atoms in total. The van der Waals surface area contributed by atoms with Gasteiger partial charge in [0.2, 0.25) is 11.8 Å². The summed E-state index contributed by atoms with van der Waals surface area (Å²) in [5.74, 6) is -0.682. The number of methoxy groups -OCH3 is 1. The van der Waals surface area contributed by atoms with Crippen molar-refractivity contribution in [1.82, 2.24) is 14.5 Å². The summed E-state index contributed by atoms with van der Waals surface area (Å²) in [5.41, 5.74) is 0.902. The molecule has 1 atom stereocenters. The molecule has 0 aromatic heterocycles. The van der Waals surface area contributed by atoms with Gasteiger partial charge in [-0.05, 0) is 61.2 Å². The van der Waals surface area contributed by atoms with Gasteiger partial charge in [-0.25, -0.2) is 8.70 Å². The van der Waals surface area contributed by atoms with Crippen LogP contribution in [0.15, 0.2) is 48.5 Å². The molecule has 2 amide bonds. The van der Waals surface area contributed by atoms with Gasteiger partial charge in [-0.15, -0.1) is 0 Å². The van der Waals surface area contributed by atoms with Crippen LogP contribution in [0, 0.1) is 5.82 Å². The van der Waals surface area contributed by atoms with Crippen molar-refractivity contribution in [1.29, 1.82) is 0 Å². The third-order valence-electron chi connectivity index (χ3n) is 6.98. The molecule has 0 saturated heterocycles. The first kappa shape index (κ1) is 30.4. The number of carbonyl (C=O) groups excluding carboxylic acids is 2. The molecule has 11 heteroatoms. The lowest BCUT2D eigenvalue weighted by molar-refractivity contribution is -0.140. The highest BCUT2D eigenvalue weighted by atomic mass is 32.2. The first-order chi connectivity index (χ1) is 18.6. The van der Waals surface area contributed by atoms with Crippen molar-refractivity contribution in [3.05, 3.63) is 59.9 Å². The van der Waals surface area contributed by atoms with Crippen LogP contribution in [0.3, 0.4) is 0 Å². The van der Waals surface area contributed by atoms with Gasteiger partial charge < -0.3 is 15.0 Å². The van der Waals surface area contributed by atoms with Gasteiger partial charge >= 0.3 is 10.2 Å². The van der Waals surface area contributed by atoms with E-state index in [1.54, 1.807) is 31.4 Å². The Morgan fingerprint density at radius 1 is 1.03 bits per heavy atom. The lowest BCUT2D eigenvalue weighted by Crippen LogP contribution is -2.54. The van der Waals surface area contributed by atoms with E-state index in [4.69, 9.17) is 4.74 Å². The third-order valence-corrected chi connectivity index (χ3v) is 8.80. The predicted octanol–water partition coefficient (Wildman–Crippen LogP) is 3.70. The topological polar surface area (TPSA) is 99.3 Å². The molecule has 39 heavy (non-hydrogen) atoms. The van der Waals surface area contributed by atoms with Gasteiger partial charge in [0.05, 0.1) is 12.8 Å². The molecule has 2 aromatic carbocycles. The second-order valence-corrected chi connectivity index (χ2v) is 12.0. The van der Waals surface area contributed by atoms with Gasteiger partial charge in [0.1, 0.15) is 24.2 Å². The van der Waals surface area contributed by atoms with Gasteiger partial charge in [-0.3, -0.25) is 9.59 Å². The maximum Gasteiger partial charge on any atom is 0.304 e. The Labute approximate surface area is 231 Å². The van der Waals surface area contributed by atoms with E-state index in [0.717, 1.165) is 58.4 Å². The monoisotopic (exact) mass is 562 g/mol. The van der Waals surface area contributed by atoms with Crippen molar-refractivity contribution in [3.63, 3.8) is 0 Å². The summed E-state index contributed by atoms with van der Waals surface area (Å²) in [6.45, 7) is 1.36. The number of hydrogen-bond donors (Lipinski definition) is 1. The Morgan fingerprint density at radius 2 is 1.64 bits per heavy atom. The van der Waals surface area contributed by atoms with Crippen molar-refractivity contribution >= 4 is 27.7 Å². The predicted molar refractivity (Wildman–Crippen MR) is 149 cm³/mol. The van der Waals surface area contributed by atoms with Gasteiger partial charge in [-0.1, -0.05) is 38.3 Å². The average Bonchev–Trinajstić information content (AvgIpc) is 2.92. The normalized spacial score (nSPS) is 15.0. The van der Waals surface area contributed by atoms with Crippen molar-refractivity contribution in [2.75, 3.05) is 32.1 Å². The minimum absolute atomic E-state index is 0.0584. The molecule has 1 aliphatic carbocycles. The molecule has 0 spiro atoms. The third kappa shape index (κ3) is 7.92. The molecule has 1 fully saturated rings. The molecule has 0 radical (unpaired) electrons. The molecular formula is C28H39FN4O5S. The summed E-state index contributed by atoms with van der Waals surface area (Å²) in [6.07, 6.45) is 5.38. The van der Waals surface area contributed by atoms with E-state index in [2.05, 4.69) is 5.32 Å². The fourth-order valence-corrected chi connectivity index (χ4v) is 5.77. The highest BCUT2D eigenvalue weighted by Crippen LogP contribution is 2.23. The van der Waals surface area contributed by atoms with Crippen molar-refractivity contribution in [2.45, 2.75) is 64.1 Å². The number of ether oxygens (including phenoxy) is 1. The van der Waals surface area contributed by atoms with E-state index < -0.39 is 34.5 Å². The quantitative estimate of drug-likeness (QED) is 0.425. The number of nitrogens with zero attached hydrogens (tertiary/aromatic N) is 3. The van der Waals surface area contributed by atoms with E-state index in [9.17, 15) is 22.4 Å². The van der Waals surface area contributed by atoms with Crippen molar-refractivity contribution < 1.29 is 27.1 Å². The highest BCUT2D eigenvalue weighted by molar-refractivity contribution is 7.90. The number of amides is 2. The molecular weight excluding hydrogens is 523 g/mol. The average molecular weight is 563 g/mol. The summed E-state index contributed by atoms with van der Waals surface area (Å²) in [4.78, 5) is 28.8. The second kappa shape index (κ2) is 13.7. The highest BCUT2D eigenvalue weighted by Gasteiger charge is 2.34. The van der Waals surface area contributed by atoms with Crippen molar-refractivity contribution in [3.8, 4) is 5.75 Å². The van der Waals surface area contributed by atoms with Gasteiger partial charge in [-0.2, -0.15) is 12.7 Å². The summed E-state index contributed by atoms with van der Waals surface area (Å²) in [7, 11) is 0.165. The Hall–Kier alpha value is -3.18. The van der Waals surface area contributed by atoms with E-state index >= 15 is 0 Å². The number of benzene rings is 2. The summed E-state index contributed by atoms with van der Waals surface area (Å²) < 4.78 is 47.2. The molecule has 0 bridgehead atoms. The molecule has 1 saturated carbocycles. The lowest BCUT2D eigenvalue weighted by Gasteiger charge is -2.35. The van der Waals surface area contributed by atoms with Crippen LogP contribution in [0.25, 0.3) is 0 Å². The van der Waals surface area contributed by atoms with E-state index in [1.807, 2.05) is 6.92 Å². The molecule has 1 aliphatic rings. The van der Waals surface area contributed by atoms with Crippen LogP contribution in [0.4, 0.5) is 10.1 Å². The number of hydrogen-bond acceptors (Lipinski definition) is 5. The maximum absolute atomic E-state index is 13.9. The van der Waals surface area contributed by atoms with Crippen LogP contribution >= 0.6 is 0 Å². The molecule has 0 unspecified atom stereocenters. The van der Waals surface area contributed by atoms with Crippen LogP contribution in [0.5, 0.6) is 5.75 Å². The Morgan fingerprint density at radius 3 is 2.18 bits per heavy atom. The Balaban J connectivity index is 1.95.